The van der Waals surface area contributed by atoms with E-state index in [0.29, 0.717) is 4.83 Å². The van der Waals surface area contributed by atoms with Crippen molar-refractivity contribution in [3.8, 4) is 5.75 Å². The van der Waals surface area contributed by atoms with Gasteiger partial charge in [0.05, 0.1) is 7.11 Å². The summed E-state index contributed by atoms with van der Waals surface area (Å²) in [7, 11) is 1.71. The molecule has 0 amide bonds. The Labute approximate surface area is 114 Å². The molecule has 1 nitrogen and oxygen atoms in total. The van der Waals surface area contributed by atoms with Crippen LogP contribution in [0.4, 0.5) is 0 Å². The molecule has 1 aromatic rings. The van der Waals surface area contributed by atoms with Gasteiger partial charge in [0.15, 0.2) is 0 Å². The van der Waals surface area contributed by atoms with Crippen molar-refractivity contribution in [2.75, 3.05) is 7.11 Å². The highest BCUT2D eigenvalue weighted by Gasteiger charge is 2.02. The van der Waals surface area contributed by atoms with Gasteiger partial charge in [-0.05, 0) is 43.4 Å². The molecule has 0 saturated carbocycles. The van der Waals surface area contributed by atoms with Crippen molar-refractivity contribution in [1.82, 2.24) is 0 Å². The van der Waals surface area contributed by atoms with Gasteiger partial charge in [-0.3, -0.25) is 0 Å². The Hall–Kier alpha value is -0.500. The third-order valence-electron chi connectivity index (χ3n) is 2.99. The Morgan fingerprint density at radius 1 is 1.12 bits per heavy atom. The van der Waals surface area contributed by atoms with Crippen LogP contribution in [0.25, 0.3) is 0 Å². The largest absolute Gasteiger partial charge is 0.497 e. The van der Waals surface area contributed by atoms with Crippen molar-refractivity contribution < 1.29 is 4.74 Å². The average molecular weight is 299 g/mol. The van der Waals surface area contributed by atoms with E-state index in [1.807, 2.05) is 12.1 Å². The minimum Gasteiger partial charge on any atom is -0.497 e. The third kappa shape index (κ3) is 6.11. The lowest BCUT2D eigenvalue weighted by Gasteiger charge is -2.08. The molecular weight excluding hydrogens is 276 g/mol. The van der Waals surface area contributed by atoms with E-state index in [1.165, 1.54) is 44.1 Å². The number of aryl methyl sites for hydroxylation is 1. The number of ether oxygens (including phenoxy) is 1. The topological polar surface area (TPSA) is 9.23 Å². The van der Waals surface area contributed by atoms with Crippen LogP contribution in [0.15, 0.2) is 24.3 Å². The molecule has 96 valence electrons. The lowest BCUT2D eigenvalue weighted by atomic mass is 10.0. The summed E-state index contributed by atoms with van der Waals surface area (Å²) in [5.41, 5.74) is 1.41. The van der Waals surface area contributed by atoms with Gasteiger partial charge in [0.2, 0.25) is 0 Å². The van der Waals surface area contributed by atoms with Crippen LogP contribution < -0.4 is 4.74 Å². The lowest BCUT2D eigenvalue weighted by Crippen LogP contribution is -1.97. The molecule has 0 saturated heterocycles. The van der Waals surface area contributed by atoms with Crippen molar-refractivity contribution in [1.29, 1.82) is 0 Å². The fourth-order valence-electron chi connectivity index (χ4n) is 1.94. The van der Waals surface area contributed by atoms with Gasteiger partial charge in [-0.25, -0.2) is 0 Å². The second-order valence-corrected chi connectivity index (χ2v) is 5.77. The first-order valence-electron chi connectivity index (χ1n) is 6.53. The van der Waals surface area contributed by atoms with Crippen LogP contribution in [0, 0.1) is 0 Å². The van der Waals surface area contributed by atoms with Crippen molar-refractivity contribution >= 4 is 15.9 Å². The molecule has 0 radical (unpaired) electrons. The standard InChI is InChI=1S/C15H23BrO/c1-3-6-14(16)8-5-4-7-13-9-11-15(17-2)12-10-13/h9-12,14H,3-8H2,1-2H3. The van der Waals surface area contributed by atoms with Crippen LogP contribution in [0.1, 0.15) is 44.6 Å². The molecule has 1 aromatic carbocycles. The molecule has 17 heavy (non-hydrogen) atoms. The van der Waals surface area contributed by atoms with E-state index in [2.05, 4.69) is 35.0 Å². The summed E-state index contributed by atoms with van der Waals surface area (Å²) < 4.78 is 5.15. The van der Waals surface area contributed by atoms with Crippen LogP contribution in [-0.2, 0) is 6.42 Å². The summed E-state index contributed by atoms with van der Waals surface area (Å²) in [6.07, 6.45) is 7.62. The molecule has 0 bridgehead atoms. The summed E-state index contributed by atoms with van der Waals surface area (Å²) in [4.78, 5) is 0.711. The van der Waals surface area contributed by atoms with Gasteiger partial charge in [0.1, 0.15) is 5.75 Å². The zero-order valence-electron chi connectivity index (χ0n) is 10.9. The maximum Gasteiger partial charge on any atom is 0.118 e. The number of unbranched alkanes of at least 4 members (excludes halogenated alkanes) is 1. The first-order valence-corrected chi connectivity index (χ1v) is 7.44. The van der Waals surface area contributed by atoms with Gasteiger partial charge in [-0.2, -0.15) is 0 Å². The van der Waals surface area contributed by atoms with Crippen LogP contribution in [0.3, 0.4) is 0 Å². The maximum absolute atomic E-state index is 5.15. The van der Waals surface area contributed by atoms with E-state index in [1.54, 1.807) is 7.11 Å². The van der Waals surface area contributed by atoms with E-state index in [-0.39, 0.29) is 0 Å². The molecule has 2 heteroatoms. The Balaban J connectivity index is 2.17. The van der Waals surface area contributed by atoms with E-state index >= 15 is 0 Å². The lowest BCUT2D eigenvalue weighted by molar-refractivity contribution is 0.414. The van der Waals surface area contributed by atoms with Crippen LogP contribution in [-0.4, -0.2) is 11.9 Å². The smallest absolute Gasteiger partial charge is 0.118 e. The molecule has 0 aliphatic heterocycles. The molecule has 0 aromatic heterocycles. The van der Waals surface area contributed by atoms with Gasteiger partial charge >= 0.3 is 0 Å². The molecular formula is C15H23BrO. The maximum atomic E-state index is 5.15. The zero-order chi connectivity index (χ0) is 12.5. The highest BCUT2D eigenvalue weighted by molar-refractivity contribution is 9.09. The Kier molecular flexibility index (Phi) is 7.34. The molecule has 1 atom stereocenters. The summed E-state index contributed by atoms with van der Waals surface area (Å²) in [6, 6.07) is 8.41. The second kappa shape index (κ2) is 8.57. The molecule has 1 unspecified atom stereocenters. The minimum absolute atomic E-state index is 0.711. The third-order valence-corrected chi connectivity index (χ3v) is 3.91. The van der Waals surface area contributed by atoms with Crippen LogP contribution in [0.5, 0.6) is 5.75 Å². The Bertz CT molecular complexity index is 294. The number of halogens is 1. The zero-order valence-corrected chi connectivity index (χ0v) is 12.5. The molecule has 1 rings (SSSR count). The van der Waals surface area contributed by atoms with Crippen molar-refractivity contribution in [3.05, 3.63) is 29.8 Å². The minimum atomic E-state index is 0.711. The highest BCUT2D eigenvalue weighted by atomic mass is 79.9. The van der Waals surface area contributed by atoms with Crippen LogP contribution in [0.2, 0.25) is 0 Å². The van der Waals surface area contributed by atoms with Crippen molar-refractivity contribution in [3.63, 3.8) is 0 Å². The molecule has 0 aliphatic rings. The fraction of sp³-hybridized carbons (Fsp3) is 0.600. The van der Waals surface area contributed by atoms with Crippen molar-refractivity contribution in [2.45, 2.75) is 50.3 Å². The van der Waals surface area contributed by atoms with E-state index in [9.17, 15) is 0 Å². The highest BCUT2D eigenvalue weighted by Crippen LogP contribution is 2.17. The molecule has 0 N–H and O–H groups in total. The second-order valence-electron chi connectivity index (χ2n) is 4.48. The van der Waals surface area contributed by atoms with Gasteiger partial charge in [0.25, 0.3) is 0 Å². The quantitative estimate of drug-likeness (QED) is 0.486. The first kappa shape index (κ1) is 14.6. The number of hydrogen-bond donors (Lipinski definition) is 0. The van der Waals surface area contributed by atoms with Gasteiger partial charge in [-0.1, -0.05) is 47.8 Å². The van der Waals surface area contributed by atoms with E-state index in [0.717, 1.165) is 5.75 Å². The van der Waals surface area contributed by atoms with Crippen molar-refractivity contribution in [2.24, 2.45) is 0 Å². The van der Waals surface area contributed by atoms with Gasteiger partial charge < -0.3 is 4.74 Å². The van der Waals surface area contributed by atoms with E-state index in [4.69, 9.17) is 4.74 Å². The summed E-state index contributed by atoms with van der Waals surface area (Å²) in [5, 5.41) is 0. The van der Waals surface area contributed by atoms with Crippen LogP contribution >= 0.6 is 15.9 Å². The number of alkyl halides is 1. The Morgan fingerprint density at radius 3 is 2.41 bits per heavy atom. The summed E-state index contributed by atoms with van der Waals surface area (Å²) >= 11 is 3.73. The molecule has 0 heterocycles. The Morgan fingerprint density at radius 2 is 1.82 bits per heavy atom. The number of rotatable bonds is 8. The van der Waals surface area contributed by atoms with Gasteiger partial charge in [-0.15, -0.1) is 0 Å². The SMILES string of the molecule is CCCC(Br)CCCCc1ccc(OC)cc1. The predicted octanol–water partition coefficient (Wildman–Crippen LogP) is 4.97. The number of methoxy groups -OCH3 is 1. The normalized spacial score (nSPS) is 12.4. The monoisotopic (exact) mass is 298 g/mol. The summed E-state index contributed by atoms with van der Waals surface area (Å²) in [6.45, 7) is 2.24. The number of benzene rings is 1. The predicted molar refractivity (Wildman–Crippen MR) is 78.2 cm³/mol. The fourth-order valence-corrected chi connectivity index (χ4v) is 2.73. The molecule has 0 fully saturated rings. The van der Waals surface area contributed by atoms with E-state index < -0.39 is 0 Å². The molecule has 0 aliphatic carbocycles. The molecule has 0 spiro atoms. The number of hydrogen-bond acceptors (Lipinski definition) is 1. The summed E-state index contributed by atoms with van der Waals surface area (Å²) in [5.74, 6) is 0.942. The average Bonchev–Trinajstić information content (AvgIpc) is 2.36. The first-order chi connectivity index (χ1) is 8.26. The van der Waals surface area contributed by atoms with Gasteiger partial charge in [0, 0.05) is 4.83 Å².